The second-order valence-electron chi connectivity index (χ2n) is 9.35. The number of nitriles is 1. The fourth-order valence-corrected chi connectivity index (χ4v) is 4.70. The van der Waals surface area contributed by atoms with E-state index >= 15 is 0 Å². The van der Waals surface area contributed by atoms with Crippen molar-refractivity contribution < 1.29 is 23.5 Å². The summed E-state index contributed by atoms with van der Waals surface area (Å²) in [6.45, 7) is 5.36. The lowest BCUT2D eigenvalue weighted by atomic mass is 9.97. The Morgan fingerprint density at radius 1 is 1.14 bits per heavy atom. The van der Waals surface area contributed by atoms with Crippen molar-refractivity contribution in [2.24, 2.45) is 4.99 Å². The average Bonchev–Trinajstić information content (AvgIpc) is 3.54. The summed E-state index contributed by atoms with van der Waals surface area (Å²) in [6, 6.07) is 18.5. The molecule has 0 atom stereocenters. The minimum absolute atomic E-state index is 0.0160. The highest BCUT2D eigenvalue weighted by Crippen LogP contribution is 2.30. The van der Waals surface area contributed by atoms with Gasteiger partial charge in [-0.05, 0) is 79.6 Å². The van der Waals surface area contributed by atoms with E-state index in [1.54, 1.807) is 13.2 Å². The summed E-state index contributed by atoms with van der Waals surface area (Å²) < 4.78 is 16.2. The van der Waals surface area contributed by atoms with Gasteiger partial charge in [0, 0.05) is 17.8 Å². The summed E-state index contributed by atoms with van der Waals surface area (Å²) in [5.74, 6) is 0.522. The molecule has 1 aliphatic carbocycles. The third kappa shape index (κ3) is 7.28. The largest absolute Gasteiger partial charge is 0.497 e. The summed E-state index contributed by atoms with van der Waals surface area (Å²) in [5, 5.41) is 11.8. The predicted octanol–water partition coefficient (Wildman–Crippen LogP) is 6.27. The molecule has 1 amide bonds. The van der Waals surface area contributed by atoms with Crippen molar-refractivity contribution in [1.29, 1.82) is 5.26 Å². The second-order valence-corrected chi connectivity index (χ2v) is 9.73. The van der Waals surface area contributed by atoms with Crippen LogP contribution in [0.15, 0.2) is 92.6 Å². The zero-order valence-corrected chi connectivity index (χ0v) is 24.4. The Labute approximate surface area is 249 Å². The van der Waals surface area contributed by atoms with Gasteiger partial charge in [0.2, 0.25) is 5.78 Å². The number of amides is 1. The van der Waals surface area contributed by atoms with Crippen molar-refractivity contribution in [2.45, 2.75) is 26.7 Å². The Balaban J connectivity index is 1.54. The van der Waals surface area contributed by atoms with Gasteiger partial charge in [0.05, 0.1) is 54.5 Å². The normalized spacial score (nSPS) is 13.9. The minimum atomic E-state index is -0.558. The SMILES string of the molecule is CCC1=C(Cl)C(=O)C(NC(=O)c2ccco2)=CC1=Nc1ccc(N(CCC#N)CCOc2ccc(OC)cc2)cc1C. The van der Waals surface area contributed by atoms with E-state index in [1.807, 2.05) is 56.3 Å². The first-order chi connectivity index (χ1) is 20.3. The van der Waals surface area contributed by atoms with E-state index < -0.39 is 11.7 Å². The number of hydrogen-bond acceptors (Lipinski definition) is 8. The van der Waals surface area contributed by atoms with Crippen LogP contribution in [-0.2, 0) is 4.79 Å². The molecular formula is C32H31ClN4O5. The minimum Gasteiger partial charge on any atom is -0.497 e. The van der Waals surface area contributed by atoms with Crippen molar-refractivity contribution in [3.8, 4) is 17.6 Å². The number of anilines is 1. The quantitative estimate of drug-likeness (QED) is 0.249. The van der Waals surface area contributed by atoms with Gasteiger partial charge in [-0.1, -0.05) is 18.5 Å². The van der Waals surface area contributed by atoms with Crippen LogP contribution in [0, 0.1) is 18.3 Å². The lowest BCUT2D eigenvalue weighted by Gasteiger charge is -2.25. The Hall–Kier alpha value is -4.81. The number of ether oxygens (including phenoxy) is 2. The maximum atomic E-state index is 12.9. The van der Waals surface area contributed by atoms with Crippen molar-refractivity contribution in [1.82, 2.24) is 5.32 Å². The molecule has 42 heavy (non-hydrogen) atoms. The first kappa shape index (κ1) is 30.2. The number of hydrogen-bond donors (Lipinski definition) is 1. The molecule has 0 unspecified atom stereocenters. The number of aliphatic imine (C=N–C) groups is 1. The van der Waals surface area contributed by atoms with Crippen LogP contribution in [0.25, 0.3) is 0 Å². The number of rotatable bonds is 12. The third-order valence-electron chi connectivity index (χ3n) is 6.62. The van der Waals surface area contributed by atoms with Gasteiger partial charge in [-0.2, -0.15) is 5.26 Å². The van der Waals surface area contributed by atoms with Crippen LogP contribution in [0.2, 0.25) is 0 Å². The molecule has 2 aromatic carbocycles. The third-order valence-corrected chi connectivity index (χ3v) is 7.01. The maximum Gasteiger partial charge on any atom is 0.291 e. The molecule has 1 aromatic heterocycles. The molecule has 0 bridgehead atoms. The summed E-state index contributed by atoms with van der Waals surface area (Å²) in [6.07, 6.45) is 3.76. The van der Waals surface area contributed by atoms with E-state index in [-0.39, 0.29) is 16.5 Å². The van der Waals surface area contributed by atoms with E-state index in [1.165, 1.54) is 18.4 Å². The number of benzene rings is 2. The number of carbonyl (C=O) groups excluding carboxylic acids is 2. The van der Waals surface area contributed by atoms with Gasteiger partial charge < -0.3 is 24.1 Å². The number of carbonyl (C=O) groups is 2. The molecule has 10 heteroatoms. The second kappa shape index (κ2) is 14.2. The number of aryl methyl sites for hydroxylation is 1. The topological polar surface area (TPSA) is 117 Å². The zero-order valence-electron chi connectivity index (χ0n) is 23.6. The molecule has 4 rings (SSSR count). The van der Waals surface area contributed by atoms with Crippen LogP contribution in [0.4, 0.5) is 11.4 Å². The molecule has 1 heterocycles. The Morgan fingerprint density at radius 2 is 1.90 bits per heavy atom. The van der Waals surface area contributed by atoms with Crippen molar-refractivity contribution >= 4 is 40.4 Å². The zero-order chi connectivity index (χ0) is 30.1. The molecule has 0 fully saturated rings. The maximum absolute atomic E-state index is 12.9. The van der Waals surface area contributed by atoms with Crippen LogP contribution in [0.1, 0.15) is 35.9 Å². The summed E-state index contributed by atoms with van der Waals surface area (Å²) >= 11 is 6.44. The van der Waals surface area contributed by atoms with Crippen molar-refractivity contribution in [3.63, 3.8) is 0 Å². The predicted molar refractivity (Wildman–Crippen MR) is 162 cm³/mol. The fourth-order valence-electron chi connectivity index (χ4n) is 4.37. The number of furan rings is 1. The number of ketones is 1. The first-order valence-corrected chi connectivity index (χ1v) is 13.8. The first-order valence-electron chi connectivity index (χ1n) is 13.4. The number of halogens is 1. The van der Waals surface area contributed by atoms with Crippen LogP contribution >= 0.6 is 11.6 Å². The molecule has 1 N–H and O–H groups in total. The summed E-state index contributed by atoms with van der Waals surface area (Å²) in [5.41, 5.74) is 3.59. The number of allylic oxidation sites excluding steroid dienone is 3. The Bertz CT molecular complexity index is 1570. The van der Waals surface area contributed by atoms with Gasteiger partial charge in [-0.25, -0.2) is 4.99 Å². The van der Waals surface area contributed by atoms with Crippen molar-refractivity contribution in [3.05, 3.63) is 94.6 Å². The van der Waals surface area contributed by atoms with Crippen LogP contribution < -0.4 is 19.7 Å². The van der Waals surface area contributed by atoms with Crippen LogP contribution in [-0.4, -0.2) is 44.2 Å². The summed E-state index contributed by atoms with van der Waals surface area (Å²) in [4.78, 5) is 32.3. The molecule has 0 aliphatic heterocycles. The highest BCUT2D eigenvalue weighted by Gasteiger charge is 2.27. The van der Waals surface area contributed by atoms with Gasteiger partial charge in [-0.15, -0.1) is 0 Å². The Kier molecular flexibility index (Phi) is 10.2. The molecule has 216 valence electrons. The number of methoxy groups -OCH3 is 1. The van der Waals surface area contributed by atoms with Gasteiger partial charge in [-0.3, -0.25) is 9.59 Å². The monoisotopic (exact) mass is 586 g/mol. The van der Waals surface area contributed by atoms with Crippen LogP contribution in [0.5, 0.6) is 11.5 Å². The molecule has 1 aliphatic rings. The molecule has 0 radical (unpaired) electrons. The molecule has 9 nitrogen and oxygen atoms in total. The molecule has 0 saturated heterocycles. The smallest absolute Gasteiger partial charge is 0.291 e. The number of nitrogens with zero attached hydrogens (tertiary/aromatic N) is 3. The van der Waals surface area contributed by atoms with Gasteiger partial charge in [0.25, 0.3) is 5.91 Å². The van der Waals surface area contributed by atoms with Crippen molar-refractivity contribution in [2.75, 3.05) is 31.7 Å². The molecular weight excluding hydrogens is 556 g/mol. The highest BCUT2D eigenvalue weighted by molar-refractivity contribution is 6.49. The molecule has 3 aromatic rings. The van der Waals surface area contributed by atoms with E-state index in [2.05, 4.69) is 16.3 Å². The fraction of sp³-hybridized carbons (Fsp3) is 0.250. The van der Waals surface area contributed by atoms with Gasteiger partial charge in [0.15, 0.2) is 5.76 Å². The lowest BCUT2D eigenvalue weighted by molar-refractivity contribution is -0.112. The van der Waals surface area contributed by atoms with E-state index in [0.29, 0.717) is 49.5 Å². The Morgan fingerprint density at radius 3 is 2.55 bits per heavy atom. The average molecular weight is 587 g/mol. The van der Waals surface area contributed by atoms with Gasteiger partial charge >= 0.3 is 0 Å². The molecule has 0 saturated carbocycles. The van der Waals surface area contributed by atoms with Crippen LogP contribution in [0.3, 0.4) is 0 Å². The van der Waals surface area contributed by atoms with Gasteiger partial charge in [0.1, 0.15) is 18.1 Å². The number of Topliss-reactive ketones (excluding diaryl/α,β-unsaturated/α-hetero) is 1. The van der Waals surface area contributed by atoms with E-state index in [4.69, 9.17) is 30.5 Å². The molecule has 0 spiro atoms. The standard InChI is InChI=1S/C32H31ClN4O5/c1-4-25-27(20-28(31(38)30(25)33)36-32(39)29-7-5-17-42-29)35-26-13-8-22(19-21(26)2)37(15-6-14-34)16-18-41-24-11-9-23(40-3)10-12-24/h5,7-13,17,19-20H,4,6,15-16,18H2,1-3H3,(H,36,39). The lowest BCUT2D eigenvalue weighted by Crippen LogP contribution is -2.31. The summed E-state index contributed by atoms with van der Waals surface area (Å²) in [7, 11) is 1.62. The number of nitrogens with one attached hydrogen (secondary N) is 1. The highest BCUT2D eigenvalue weighted by atomic mass is 35.5. The van der Waals surface area contributed by atoms with E-state index in [0.717, 1.165) is 22.7 Å². The van der Waals surface area contributed by atoms with E-state index in [9.17, 15) is 14.9 Å².